The summed E-state index contributed by atoms with van der Waals surface area (Å²) in [5.74, 6) is -0.688. The molecule has 1 fully saturated rings. The van der Waals surface area contributed by atoms with E-state index in [4.69, 9.17) is 23.2 Å². The highest BCUT2D eigenvalue weighted by atomic mass is 35.5. The van der Waals surface area contributed by atoms with E-state index in [1.54, 1.807) is 23.1 Å². The monoisotopic (exact) mass is 398 g/mol. The van der Waals surface area contributed by atoms with Gasteiger partial charge < -0.3 is 10.2 Å². The summed E-state index contributed by atoms with van der Waals surface area (Å²) < 4.78 is 0. The number of fused-ring (bicyclic) bond motifs is 1. The smallest absolute Gasteiger partial charge is 0.229 e. The van der Waals surface area contributed by atoms with Gasteiger partial charge >= 0.3 is 0 Å². The van der Waals surface area contributed by atoms with Gasteiger partial charge in [0.25, 0.3) is 0 Å². The number of nitrogens with one attached hydrogen (secondary N) is 1. The van der Waals surface area contributed by atoms with Gasteiger partial charge in [0.2, 0.25) is 11.8 Å². The summed E-state index contributed by atoms with van der Waals surface area (Å²) in [7, 11) is 0. The van der Waals surface area contributed by atoms with Gasteiger partial charge in [-0.15, -0.1) is 0 Å². The molecular weight excluding hydrogens is 383 g/mol. The fourth-order valence-electron chi connectivity index (χ4n) is 3.30. The fraction of sp³-hybridized carbons (Fsp3) is 0.143. The molecule has 0 bridgehead atoms. The van der Waals surface area contributed by atoms with Gasteiger partial charge in [0, 0.05) is 24.3 Å². The lowest BCUT2D eigenvalue weighted by molar-refractivity contribution is -0.122. The van der Waals surface area contributed by atoms with E-state index in [-0.39, 0.29) is 18.2 Å². The van der Waals surface area contributed by atoms with Crippen LogP contribution in [0.4, 0.5) is 11.4 Å². The van der Waals surface area contributed by atoms with Crippen molar-refractivity contribution in [1.29, 1.82) is 0 Å². The lowest BCUT2D eigenvalue weighted by Gasteiger charge is -2.17. The van der Waals surface area contributed by atoms with Gasteiger partial charge in [0.05, 0.1) is 16.0 Å². The number of benzene rings is 3. The molecule has 0 unspecified atom stereocenters. The second-order valence-corrected chi connectivity index (χ2v) is 7.37. The summed E-state index contributed by atoms with van der Waals surface area (Å²) in [6, 6.07) is 18.7. The van der Waals surface area contributed by atoms with Crippen molar-refractivity contribution in [2.24, 2.45) is 5.92 Å². The maximum absolute atomic E-state index is 12.7. The quantitative estimate of drug-likeness (QED) is 0.663. The number of amides is 2. The lowest BCUT2D eigenvalue weighted by Crippen LogP contribution is -2.28. The van der Waals surface area contributed by atoms with Crippen LogP contribution in [0.3, 0.4) is 0 Å². The Morgan fingerprint density at radius 2 is 1.74 bits per heavy atom. The van der Waals surface area contributed by atoms with Crippen LogP contribution < -0.4 is 10.2 Å². The molecule has 136 valence electrons. The average Bonchev–Trinajstić information content (AvgIpc) is 3.06. The molecule has 6 heteroatoms. The number of nitrogens with zero attached hydrogens (tertiary/aromatic N) is 1. The maximum Gasteiger partial charge on any atom is 0.229 e. The first kappa shape index (κ1) is 17.8. The van der Waals surface area contributed by atoms with Gasteiger partial charge in [-0.2, -0.15) is 0 Å². The van der Waals surface area contributed by atoms with Crippen LogP contribution in [0.15, 0.2) is 60.7 Å². The average molecular weight is 399 g/mol. The largest absolute Gasteiger partial charge is 0.326 e. The number of halogens is 2. The summed E-state index contributed by atoms with van der Waals surface area (Å²) in [5, 5.41) is 5.89. The van der Waals surface area contributed by atoms with Crippen LogP contribution in [0.2, 0.25) is 10.0 Å². The summed E-state index contributed by atoms with van der Waals surface area (Å²) in [4.78, 5) is 26.6. The Kier molecular flexibility index (Phi) is 4.77. The molecule has 1 aliphatic rings. The standard InChI is InChI=1S/C21H16Cl2N2O2/c22-18-8-7-17(11-19(18)23)25-12-15(10-20(25)26)21(27)24-16-6-5-13-3-1-2-4-14(13)9-16/h1-9,11,15H,10,12H2,(H,24,27)/t15-/m0/s1. The van der Waals surface area contributed by atoms with Crippen molar-refractivity contribution in [1.82, 2.24) is 0 Å². The second-order valence-electron chi connectivity index (χ2n) is 6.55. The minimum Gasteiger partial charge on any atom is -0.326 e. The molecule has 0 saturated carbocycles. The highest BCUT2D eigenvalue weighted by molar-refractivity contribution is 6.42. The predicted molar refractivity (Wildman–Crippen MR) is 109 cm³/mol. The van der Waals surface area contributed by atoms with E-state index < -0.39 is 5.92 Å². The summed E-state index contributed by atoms with van der Waals surface area (Å²) >= 11 is 12.0. The normalized spacial score (nSPS) is 16.7. The molecule has 0 spiro atoms. The van der Waals surface area contributed by atoms with Crippen molar-refractivity contribution in [2.75, 3.05) is 16.8 Å². The Morgan fingerprint density at radius 1 is 0.963 bits per heavy atom. The Morgan fingerprint density at radius 3 is 2.52 bits per heavy atom. The number of rotatable bonds is 3. The van der Waals surface area contributed by atoms with E-state index in [9.17, 15) is 9.59 Å². The molecule has 1 saturated heterocycles. The zero-order chi connectivity index (χ0) is 19.0. The first-order valence-electron chi connectivity index (χ1n) is 8.56. The van der Waals surface area contributed by atoms with Crippen LogP contribution in [0.1, 0.15) is 6.42 Å². The number of anilines is 2. The molecule has 0 aliphatic carbocycles. The van der Waals surface area contributed by atoms with E-state index in [0.717, 1.165) is 16.5 Å². The van der Waals surface area contributed by atoms with Gasteiger partial charge in [-0.1, -0.05) is 53.5 Å². The molecule has 2 amide bonds. The van der Waals surface area contributed by atoms with Crippen LogP contribution >= 0.6 is 23.2 Å². The first-order valence-corrected chi connectivity index (χ1v) is 9.32. The van der Waals surface area contributed by atoms with Crippen LogP contribution in [0.25, 0.3) is 10.8 Å². The Labute approximate surface area is 166 Å². The molecule has 1 atom stereocenters. The molecule has 4 nitrogen and oxygen atoms in total. The number of carbonyl (C=O) groups is 2. The first-order chi connectivity index (χ1) is 13.0. The van der Waals surface area contributed by atoms with Crippen molar-refractivity contribution in [3.8, 4) is 0 Å². The van der Waals surface area contributed by atoms with Gasteiger partial charge in [0.1, 0.15) is 0 Å². The topological polar surface area (TPSA) is 49.4 Å². The fourth-order valence-corrected chi connectivity index (χ4v) is 3.59. The molecule has 1 heterocycles. The molecule has 0 aromatic heterocycles. The van der Waals surface area contributed by atoms with Crippen molar-refractivity contribution in [3.05, 3.63) is 70.7 Å². The zero-order valence-electron chi connectivity index (χ0n) is 14.3. The van der Waals surface area contributed by atoms with Gasteiger partial charge in [-0.25, -0.2) is 0 Å². The molecule has 0 radical (unpaired) electrons. The van der Waals surface area contributed by atoms with Crippen LogP contribution in [-0.2, 0) is 9.59 Å². The third-order valence-electron chi connectivity index (χ3n) is 4.73. The van der Waals surface area contributed by atoms with Crippen molar-refractivity contribution < 1.29 is 9.59 Å². The highest BCUT2D eigenvalue weighted by Crippen LogP contribution is 2.31. The van der Waals surface area contributed by atoms with Crippen molar-refractivity contribution in [2.45, 2.75) is 6.42 Å². The molecule has 1 aliphatic heterocycles. The third kappa shape index (κ3) is 3.64. The van der Waals surface area contributed by atoms with Gasteiger partial charge in [-0.05, 0) is 41.1 Å². The van der Waals surface area contributed by atoms with E-state index >= 15 is 0 Å². The van der Waals surface area contributed by atoms with E-state index in [1.165, 1.54) is 0 Å². The summed E-state index contributed by atoms with van der Waals surface area (Å²) in [5.41, 5.74) is 1.37. The Bertz CT molecular complexity index is 1050. The lowest BCUT2D eigenvalue weighted by atomic mass is 10.1. The molecule has 27 heavy (non-hydrogen) atoms. The van der Waals surface area contributed by atoms with Crippen LogP contribution in [0, 0.1) is 5.92 Å². The SMILES string of the molecule is O=C(Nc1ccc2ccccc2c1)[C@H]1CC(=O)N(c2ccc(Cl)c(Cl)c2)C1. The Balaban J connectivity index is 1.49. The molecule has 3 aromatic carbocycles. The Hall–Kier alpha value is -2.56. The number of hydrogen-bond acceptors (Lipinski definition) is 2. The molecular formula is C21H16Cl2N2O2. The zero-order valence-corrected chi connectivity index (χ0v) is 15.8. The van der Waals surface area contributed by atoms with E-state index in [2.05, 4.69) is 5.32 Å². The highest BCUT2D eigenvalue weighted by Gasteiger charge is 2.35. The summed E-state index contributed by atoms with van der Waals surface area (Å²) in [6.07, 6.45) is 0.166. The number of carbonyl (C=O) groups excluding carboxylic acids is 2. The van der Waals surface area contributed by atoms with Gasteiger partial charge in [-0.3, -0.25) is 9.59 Å². The molecule has 3 aromatic rings. The minimum atomic E-state index is -0.418. The molecule has 1 N–H and O–H groups in total. The minimum absolute atomic E-state index is 0.105. The van der Waals surface area contributed by atoms with Gasteiger partial charge in [0.15, 0.2) is 0 Å². The van der Waals surface area contributed by atoms with Crippen LogP contribution in [-0.4, -0.2) is 18.4 Å². The third-order valence-corrected chi connectivity index (χ3v) is 5.47. The van der Waals surface area contributed by atoms with E-state index in [1.807, 2.05) is 42.5 Å². The predicted octanol–water partition coefficient (Wildman–Crippen LogP) is 5.14. The second kappa shape index (κ2) is 7.22. The summed E-state index contributed by atoms with van der Waals surface area (Å²) in [6.45, 7) is 0.316. The van der Waals surface area contributed by atoms with Crippen molar-refractivity contribution >= 4 is 57.2 Å². The van der Waals surface area contributed by atoms with Crippen molar-refractivity contribution in [3.63, 3.8) is 0 Å². The molecule has 4 rings (SSSR count). The van der Waals surface area contributed by atoms with E-state index in [0.29, 0.717) is 22.3 Å². The maximum atomic E-state index is 12.7. The number of hydrogen-bond donors (Lipinski definition) is 1. The van der Waals surface area contributed by atoms with Crippen LogP contribution in [0.5, 0.6) is 0 Å².